The summed E-state index contributed by atoms with van der Waals surface area (Å²) in [5.74, 6) is -0.733. The zero-order valence-electron chi connectivity index (χ0n) is 18.0. The van der Waals surface area contributed by atoms with Crippen molar-refractivity contribution in [3.05, 3.63) is 57.3 Å². The molecule has 1 aromatic carbocycles. The quantitative estimate of drug-likeness (QED) is 0.407. The van der Waals surface area contributed by atoms with E-state index < -0.39 is 17.7 Å². The Bertz CT molecular complexity index is 1000. The molecule has 164 valence electrons. The van der Waals surface area contributed by atoms with Crippen LogP contribution in [0.1, 0.15) is 48.7 Å². The van der Waals surface area contributed by atoms with Crippen molar-refractivity contribution >= 4 is 28.8 Å². The molecule has 31 heavy (non-hydrogen) atoms. The molecule has 2 unspecified atom stereocenters. The van der Waals surface area contributed by atoms with Crippen LogP contribution in [0.5, 0.6) is 5.75 Å². The van der Waals surface area contributed by atoms with Gasteiger partial charge in [-0.1, -0.05) is 0 Å². The molecule has 3 heterocycles. The van der Waals surface area contributed by atoms with E-state index in [0.717, 1.165) is 23.3 Å². The maximum atomic E-state index is 13.1. The van der Waals surface area contributed by atoms with Gasteiger partial charge in [-0.15, -0.1) is 11.3 Å². The molecule has 2 aliphatic rings. The minimum absolute atomic E-state index is 0.0318. The average Bonchev–Trinajstić information content (AvgIpc) is 3.45. The van der Waals surface area contributed by atoms with E-state index in [1.807, 2.05) is 32.2 Å². The molecule has 1 amide bonds. The smallest absolute Gasteiger partial charge is 0.295 e. The number of aliphatic hydroxyl groups is 1. The molecule has 7 heteroatoms. The van der Waals surface area contributed by atoms with Gasteiger partial charge in [-0.2, -0.15) is 0 Å². The number of carbonyl (C=O) groups is 2. The third-order valence-electron chi connectivity index (χ3n) is 5.61. The number of Topliss-reactive ketones (excluding diaryl/α,β-unsaturated/α-hetero) is 1. The van der Waals surface area contributed by atoms with E-state index in [1.54, 1.807) is 29.2 Å². The number of aliphatic hydroxyl groups excluding tert-OH is 1. The summed E-state index contributed by atoms with van der Waals surface area (Å²) in [6.07, 6.45) is 1.75. The van der Waals surface area contributed by atoms with Gasteiger partial charge < -0.3 is 19.5 Å². The van der Waals surface area contributed by atoms with Gasteiger partial charge in [0.05, 0.1) is 23.8 Å². The van der Waals surface area contributed by atoms with Gasteiger partial charge in [0.15, 0.2) is 0 Å². The first-order valence-corrected chi connectivity index (χ1v) is 11.5. The summed E-state index contributed by atoms with van der Waals surface area (Å²) in [7, 11) is 0. The predicted octanol–water partition coefficient (Wildman–Crippen LogP) is 4.44. The number of ether oxygens (including phenoxy) is 2. The molecule has 0 saturated carbocycles. The zero-order valence-corrected chi connectivity index (χ0v) is 18.8. The predicted molar refractivity (Wildman–Crippen MR) is 119 cm³/mol. The molecule has 2 atom stereocenters. The van der Waals surface area contributed by atoms with Crippen LogP contribution in [0.4, 0.5) is 0 Å². The van der Waals surface area contributed by atoms with E-state index in [4.69, 9.17) is 9.47 Å². The summed E-state index contributed by atoms with van der Waals surface area (Å²) in [5.41, 5.74) is 1.59. The average molecular weight is 442 g/mol. The number of hydrogen-bond acceptors (Lipinski definition) is 6. The summed E-state index contributed by atoms with van der Waals surface area (Å²) in [6, 6.07) is 8.27. The first kappa shape index (κ1) is 21.6. The molecule has 0 bridgehead atoms. The molecule has 0 spiro atoms. The second-order valence-corrected chi connectivity index (χ2v) is 9.19. The van der Waals surface area contributed by atoms with Gasteiger partial charge in [-0.05, 0) is 74.9 Å². The van der Waals surface area contributed by atoms with Crippen molar-refractivity contribution in [2.45, 2.75) is 51.9 Å². The Hall–Kier alpha value is -2.64. The molecule has 2 aromatic rings. The van der Waals surface area contributed by atoms with Crippen molar-refractivity contribution in [3.63, 3.8) is 0 Å². The Morgan fingerprint density at radius 3 is 2.58 bits per heavy atom. The fourth-order valence-corrected chi connectivity index (χ4v) is 5.18. The lowest BCUT2D eigenvalue weighted by Crippen LogP contribution is -2.36. The van der Waals surface area contributed by atoms with Crippen LogP contribution < -0.4 is 4.74 Å². The third-order valence-corrected chi connectivity index (χ3v) is 6.69. The zero-order chi connectivity index (χ0) is 22.1. The maximum Gasteiger partial charge on any atom is 0.295 e. The molecule has 0 radical (unpaired) electrons. The number of thiophene rings is 1. The van der Waals surface area contributed by atoms with Gasteiger partial charge in [0.1, 0.15) is 11.5 Å². The molecular weight excluding hydrogens is 414 g/mol. The van der Waals surface area contributed by atoms with E-state index in [2.05, 4.69) is 0 Å². The van der Waals surface area contributed by atoms with E-state index >= 15 is 0 Å². The highest BCUT2D eigenvalue weighted by molar-refractivity contribution is 7.10. The van der Waals surface area contributed by atoms with Crippen molar-refractivity contribution in [3.8, 4) is 5.75 Å². The van der Waals surface area contributed by atoms with Crippen molar-refractivity contribution in [2.75, 3.05) is 13.2 Å². The van der Waals surface area contributed by atoms with Crippen LogP contribution in [-0.2, 0) is 14.3 Å². The van der Waals surface area contributed by atoms with Crippen LogP contribution in [0.15, 0.2) is 41.3 Å². The number of ketones is 1. The second-order valence-electron chi connectivity index (χ2n) is 8.25. The van der Waals surface area contributed by atoms with Crippen molar-refractivity contribution < 1.29 is 24.2 Å². The molecule has 2 fully saturated rings. The number of likely N-dealkylation sites (tertiary alicyclic amines) is 1. The summed E-state index contributed by atoms with van der Waals surface area (Å²) < 4.78 is 11.4. The molecule has 2 saturated heterocycles. The van der Waals surface area contributed by atoms with Crippen LogP contribution in [-0.4, -0.2) is 47.1 Å². The van der Waals surface area contributed by atoms with Crippen molar-refractivity contribution in [2.24, 2.45) is 0 Å². The van der Waals surface area contributed by atoms with Crippen LogP contribution >= 0.6 is 11.3 Å². The molecule has 4 rings (SSSR count). The number of carbonyl (C=O) groups excluding carboxylic acids is 2. The molecule has 0 aliphatic carbocycles. The first-order valence-electron chi connectivity index (χ1n) is 10.6. The number of nitrogens with zero attached hydrogens (tertiary/aromatic N) is 1. The van der Waals surface area contributed by atoms with Gasteiger partial charge in [0.2, 0.25) is 0 Å². The van der Waals surface area contributed by atoms with Crippen LogP contribution in [0.2, 0.25) is 0 Å². The fourth-order valence-electron chi connectivity index (χ4n) is 4.13. The Morgan fingerprint density at radius 1 is 1.26 bits per heavy atom. The Balaban J connectivity index is 1.75. The van der Waals surface area contributed by atoms with E-state index in [-0.39, 0.29) is 23.5 Å². The van der Waals surface area contributed by atoms with E-state index in [0.29, 0.717) is 24.5 Å². The molecule has 1 aromatic heterocycles. The second kappa shape index (κ2) is 8.85. The minimum atomic E-state index is -0.657. The maximum absolute atomic E-state index is 13.1. The molecule has 2 aliphatic heterocycles. The van der Waals surface area contributed by atoms with Crippen LogP contribution in [0.3, 0.4) is 0 Å². The van der Waals surface area contributed by atoms with Gasteiger partial charge in [0.25, 0.3) is 11.7 Å². The van der Waals surface area contributed by atoms with Crippen molar-refractivity contribution in [1.29, 1.82) is 0 Å². The van der Waals surface area contributed by atoms with Gasteiger partial charge in [0, 0.05) is 23.6 Å². The van der Waals surface area contributed by atoms with Crippen LogP contribution in [0.25, 0.3) is 5.76 Å². The Kier molecular flexibility index (Phi) is 6.16. The van der Waals surface area contributed by atoms with Gasteiger partial charge in [-0.3, -0.25) is 9.59 Å². The largest absolute Gasteiger partial charge is 0.507 e. The number of rotatable bonds is 6. The summed E-state index contributed by atoms with van der Waals surface area (Å²) in [4.78, 5) is 28.5. The highest BCUT2D eigenvalue weighted by Crippen LogP contribution is 2.43. The first-order chi connectivity index (χ1) is 14.9. The van der Waals surface area contributed by atoms with Crippen LogP contribution in [0, 0.1) is 6.92 Å². The number of hydrogen-bond donors (Lipinski definition) is 1. The number of amides is 1. The molecular formula is C24H27NO5S. The standard InChI is InChI=1S/C24H27NO5S/c1-14(2)30-17-8-6-16(7-9-17)21(26)19-20(23-15(3)10-12-31-23)25(24(28)22(19)27)13-18-5-4-11-29-18/h6-10,12,14,18,20,26H,4-5,11,13H2,1-3H3/b21-19-. The monoisotopic (exact) mass is 441 g/mol. The highest BCUT2D eigenvalue weighted by atomic mass is 32.1. The Labute approximate surface area is 186 Å². The summed E-state index contributed by atoms with van der Waals surface area (Å²) >= 11 is 1.49. The normalized spacial score (nSPS) is 23.2. The molecule has 1 N–H and O–H groups in total. The number of aryl methyl sites for hydroxylation is 1. The van der Waals surface area contributed by atoms with Gasteiger partial charge in [-0.25, -0.2) is 0 Å². The van der Waals surface area contributed by atoms with E-state index in [1.165, 1.54) is 11.3 Å². The lowest BCUT2D eigenvalue weighted by atomic mass is 9.98. The lowest BCUT2D eigenvalue weighted by Gasteiger charge is -2.27. The molecule has 6 nitrogen and oxygen atoms in total. The Morgan fingerprint density at radius 2 is 2.00 bits per heavy atom. The number of benzene rings is 1. The fraction of sp³-hybridized carbons (Fsp3) is 0.417. The summed E-state index contributed by atoms with van der Waals surface area (Å²) in [5, 5.41) is 13.1. The van der Waals surface area contributed by atoms with Crippen molar-refractivity contribution in [1.82, 2.24) is 4.90 Å². The third kappa shape index (κ3) is 4.25. The minimum Gasteiger partial charge on any atom is -0.507 e. The SMILES string of the molecule is Cc1ccsc1C1/C(=C(/O)c2ccc(OC(C)C)cc2)C(=O)C(=O)N1CC1CCCO1. The highest BCUT2D eigenvalue weighted by Gasteiger charge is 2.47. The topological polar surface area (TPSA) is 76.1 Å². The lowest BCUT2D eigenvalue weighted by molar-refractivity contribution is -0.140. The van der Waals surface area contributed by atoms with E-state index in [9.17, 15) is 14.7 Å². The van der Waals surface area contributed by atoms with Gasteiger partial charge >= 0.3 is 0 Å². The summed E-state index contributed by atoms with van der Waals surface area (Å²) in [6.45, 7) is 6.84.